The molecule has 0 rings (SSSR count). The number of carboxylic acids is 2. The van der Waals surface area contributed by atoms with Crippen LogP contribution in [0.15, 0.2) is 11.1 Å². The van der Waals surface area contributed by atoms with E-state index in [9.17, 15) is 19.8 Å². The zero-order chi connectivity index (χ0) is 9.02. The maximum atomic E-state index is 10.2. The van der Waals surface area contributed by atoms with Crippen LogP contribution in [-0.2, 0) is 9.59 Å². The van der Waals surface area contributed by atoms with Gasteiger partial charge in [-0.05, 0) is 24.5 Å². The minimum Gasteiger partial charge on any atom is -0.545 e. The number of rotatable bonds is 3. The Hall–Kier alpha value is 0.680. The Morgan fingerprint density at radius 3 is 1.54 bits per heavy atom. The van der Waals surface area contributed by atoms with Gasteiger partial charge in [-0.25, -0.2) is 0 Å². The van der Waals surface area contributed by atoms with E-state index in [4.69, 9.17) is 0 Å². The average Bonchev–Trinajstić information content (AvgIpc) is 1.88. The SMILES string of the molecule is CC/C(C(=O)[O-])=C(/C)C(=O)[O-].[Na+].[Na+]. The van der Waals surface area contributed by atoms with Gasteiger partial charge < -0.3 is 19.8 Å². The predicted octanol–water partition coefficient (Wildman–Crippen LogP) is -7.78. The molecule has 0 saturated carbocycles. The normalized spacial score (nSPS) is 10.3. The molecule has 0 radical (unpaired) electrons. The Morgan fingerprint density at radius 2 is 1.46 bits per heavy atom. The van der Waals surface area contributed by atoms with E-state index in [2.05, 4.69) is 0 Å². The second-order valence-electron chi connectivity index (χ2n) is 2.03. The van der Waals surface area contributed by atoms with Gasteiger partial charge in [0.1, 0.15) is 0 Å². The van der Waals surface area contributed by atoms with Crippen molar-refractivity contribution in [2.24, 2.45) is 0 Å². The molecule has 13 heavy (non-hydrogen) atoms. The van der Waals surface area contributed by atoms with Gasteiger partial charge in [0.15, 0.2) is 0 Å². The van der Waals surface area contributed by atoms with E-state index in [1.165, 1.54) is 13.8 Å². The number of carboxylic acid groups (broad SMARTS) is 2. The van der Waals surface area contributed by atoms with Crippen molar-refractivity contribution in [1.82, 2.24) is 0 Å². The van der Waals surface area contributed by atoms with Crippen LogP contribution in [0.5, 0.6) is 0 Å². The van der Waals surface area contributed by atoms with Crippen molar-refractivity contribution in [1.29, 1.82) is 0 Å². The van der Waals surface area contributed by atoms with Crippen LogP contribution < -0.4 is 69.3 Å². The zero-order valence-electron chi connectivity index (χ0n) is 8.34. The van der Waals surface area contributed by atoms with Crippen molar-refractivity contribution >= 4 is 11.9 Å². The minimum absolute atomic E-state index is 0. The molecule has 0 bridgehead atoms. The van der Waals surface area contributed by atoms with Crippen LogP contribution in [-0.4, -0.2) is 11.9 Å². The standard InChI is InChI=1S/C7H10O4.2Na/c1-3-5(7(10)11)4(2)6(8)9;;/h3H2,1-2H3,(H,8,9)(H,10,11);;/q;2*+1/p-2/b5-4+;;. The molecule has 0 atom stereocenters. The largest absolute Gasteiger partial charge is 1.00 e. The number of carbonyl (C=O) groups excluding carboxylic acids is 2. The third kappa shape index (κ3) is 6.71. The number of aliphatic carboxylic acids is 2. The first kappa shape index (κ1) is 19.3. The molecule has 0 unspecified atom stereocenters. The molecule has 0 aromatic heterocycles. The van der Waals surface area contributed by atoms with Crippen LogP contribution in [0.3, 0.4) is 0 Å². The van der Waals surface area contributed by atoms with E-state index in [0.717, 1.165) is 0 Å². The van der Waals surface area contributed by atoms with Crippen molar-refractivity contribution in [2.45, 2.75) is 20.3 Å². The maximum absolute atomic E-state index is 10.2. The van der Waals surface area contributed by atoms with Crippen molar-refractivity contribution in [3.8, 4) is 0 Å². The van der Waals surface area contributed by atoms with Gasteiger partial charge in [0, 0.05) is 0 Å². The Bertz CT molecular complexity index is 223. The monoisotopic (exact) mass is 202 g/mol. The Labute approximate surface area is 121 Å². The van der Waals surface area contributed by atoms with Gasteiger partial charge in [-0.3, -0.25) is 0 Å². The number of hydrogen-bond donors (Lipinski definition) is 0. The van der Waals surface area contributed by atoms with Crippen LogP contribution in [0.4, 0.5) is 0 Å². The van der Waals surface area contributed by atoms with Gasteiger partial charge in [-0.1, -0.05) is 6.92 Å². The van der Waals surface area contributed by atoms with Gasteiger partial charge in [0.25, 0.3) is 0 Å². The molecule has 0 N–H and O–H groups in total. The average molecular weight is 202 g/mol. The molecule has 0 spiro atoms. The summed E-state index contributed by atoms with van der Waals surface area (Å²) in [5, 5.41) is 20.4. The van der Waals surface area contributed by atoms with E-state index < -0.39 is 11.9 Å². The molecular weight excluding hydrogens is 194 g/mol. The van der Waals surface area contributed by atoms with E-state index >= 15 is 0 Å². The van der Waals surface area contributed by atoms with Crippen molar-refractivity contribution in [2.75, 3.05) is 0 Å². The van der Waals surface area contributed by atoms with Gasteiger partial charge in [0.2, 0.25) is 0 Å². The summed E-state index contributed by atoms with van der Waals surface area (Å²) in [7, 11) is 0. The predicted molar refractivity (Wildman–Crippen MR) is 33.0 cm³/mol. The Balaban J connectivity index is -0.000000500. The minimum atomic E-state index is -1.47. The fourth-order valence-corrected chi connectivity index (χ4v) is 0.686. The molecular formula is C7H8Na2O4. The summed E-state index contributed by atoms with van der Waals surface area (Å²) >= 11 is 0. The van der Waals surface area contributed by atoms with Crippen LogP contribution >= 0.6 is 0 Å². The molecule has 0 amide bonds. The van der Waals surface area contributed by atoms with Crippen molar-refractivity contribution in [3.63, 3.8) is 0 Å². The first-order valence-electron chi connectivity index (χ1n) is 3.13. The Kier molecular flexibility index (Phi) is 13.7. The summed E-state index contributed by atoms with van der Waals surface area (Å²) < 4.78 is 0. The summed E-state index contributed by atoms with van der Waals surface area (Å²) in [4.78, 5) is 20.4. The number of hydrogen-bond acceptors (Lipinski definition) is 4. The first-order valence-corrected chi connectivity index (χ1v) is 3.13. The molecule has 0 heterocycles. The summed E-state index contributed by atoms with van der Waals surface area (Å²) in [5.74, 6) is -2.92. The molecule has 0 aromatic carbocycles. The second kappa shape index (κ2) is 9.24. The van der Waals surface area contributed by atoms with Gasteiger partial charge >= 0.3 is 59.1 Å². The van der Waals surface area contributed by atoms with Gasteiger partial charge in [-0.2, -0.15) is 0 Å². The number of carbonyl (C=O) groups is 2. The summed E-state index contributed by atoms with van der Waals surface area (Å²) in [5.41, 5.74) is -0.488. The van der Waals surface area contributed by atoms with Crippen LogP contribution in [0.2, 0.25) is 0 Å². The topological polar surface area (TPSA) is 80.3 Å². The molecule has 0 aromatic rings. The fraction of sp³-hybridized carbons (Fsp3) is 0.429. The summed E-state index contributed by atoms with van der Waals surface area (Å²) in [6.45, 7) is 2.72. The molecule has 0 saturated heterocycles. The molecule has 0 fully saturated rings. The van der Waals surface area contributed by atoms with E-state index in [0.29, 0.717) is 0 Å². The van der Waals surface area contributed by atoms with Crippen molar-refractivity contribution < 1.29 is 78.9 Å². The fourth-order valence-electron chi connectivity index (χ4n) is 0.686. The van der Waals surface area contributed by atoms with Crippen LogP contribution in [0, 0.1) is 0 Å². The zero-order valence-corrected chi connectivity index (χ0v) is 12.3. The van der Waals surface area contributed by atoms with Gasteiger partial charge in [0.05, 0.1) is 11.9 Å². The molecule has 0 aliphatic heterocycles. The van der Waals surface area contributed by atoms with Crippen molar-refractivity contribution in [3.05, 3.63) is 11.1 Å². The third-order valence-electron chi connectivity index (χ3n) is 1.36. The van der Waals surface area contributed by atoms with E-state index in [1.54, 1.807) is 0 Å². The molecule has 62 valence electrons. The van der Waals surface area contributed by atoms with E-state index in [1.807, 2.05) is 0 Å². The smallest absolute Gasteiger partial charge is 0.545 e. The maximum Gasteiger partial charge on any atom is 1.00 e. The molecule has 4 nitrogen and oxygen atoms in total. The Morgan fingerprint density at radius 1 is 1.08 bits per heavy atom. The summed E-state index contributed by atoms with van der Waals surface area (Å²) in [6, 6.07) is 0. The third-order valence-corrected chi connectivity index (χ3v) is 1.36. The summed E-state index contributed by atoms with van der Waals surface area (Å²) in [6.07, 6.45) is 0.127. The second-order valence-corrected chi connectivity index (χ2v) is 2.03. The van der Waals surface area contributed by atoms with Gasteiger partial charge in [-0.15, -0.1) is 0 Å². The van der Waals surface area contributed by atoms with E-state index in [-0.39, 0.29) is 76.7 Å². The molecule has 0 aliphatic rings. The van der Waals surface area contributed by atoms with Crippen LogP contribution in [0.1, 0.15) is 20.3 Å². The molecule has 6 heteroatoms. The quantitative estimate of drug-likeness (QED) is 0.336. The molecule has 0 aliphatic carbocycles. The van der Waals surface area contributed by atoms with Crippen LogP contribution in [0.25, 0.3) is 0 Å². The first-order chi connectivity index (χ1) is 5.00.